The second kappa shape index (κ2) is 11.9. The number of rotatable bonds is 9. The van der Waals surface area contributed by atoms with E-state index in [4.69, 9.17) is 37.4 Å². The lowest BCUT2D eigenvalue weighted by Gasteiger charge is -2.26. The van der Waals surface area contributed by atoms with Crippen LogP contribution in [0.3, 0.4) is 0 Å². The van der Waals surface area contributed by atoms with Gasteiger partial charge >= 0.3 is 5.97 Å². The fraction of sp³-hybridized carbons (Fsp3) is 0.296. The quantitative estimate of drug-likeness (QED) is 0.217. The van der Waals surface area contributed by atoms with Crippen molar-refractivity contribution in [3.63, 3.8) is 0 Å². The van der Waals surface area contributed by atoms with Crippen LogP contribution < -0.4 is 9.47 Å². The second-order valence-electron chi connectivity index (χ2n) is 8.01. The summed E-state index contributed by atoms with van der Waals surface area (Å²) < 4.78 is 16.9. The summed E-state index contributed by atoms with van der Waals surface area (Å²) in [5.74, 6) is 2.30. The summed E-state index contributed by atoms with van der Waals surface area (Å²) >= 11 is 14.0. The van der Waals surface area contributed by atoms with E-state index in [1.54, 1.807) is 23.9 Å². The Hall–Kier alpha value is -2.34. The van der Waals surface area contributed by atoms with Gasteiger partial charge in [-0.15, -0.1) is 11.8 Å². The maximum Gasteiger partial charge on any atom is 0.309 e. The van der Waals surface area contributed by atoms with Crippen molar-refractivity contribution in [1.29, 1.82) is 0 Å². The molecule has 0 bridgehead atoms. The van der Waals surface area contributed by atoms with Crippen LogP contribution in [0.25, 0.3) is 0 Å². The van der Waals surface area contributed by atoms with E-state index in [9.17, 15) is 4.79 Å². The summed E-state index contributed by atoms with van der Waals surface area (Å²) in [6, 6.07) is 19.7. The number of benzene rings is 3. The lowest BCUT2D eigenvalue weighted by atomic mass is 10.0. The van der Waals surface area contributed by atoms with Crippen molar-refractivity contribution >= 4 is 40.9 Å². The molecule has 4 rings (SSSR count). The van der Waals surface area contributed by atoms with E-state index in [0.717, 1.165) is 35.7 Å². The number of halogens is 2. The van der Waals surface area contributed by atoms with E-state index in [1.807, 2.05) is 31.2 Å². The first kappa shape index (κ1) is 24.8. The van der Waals surface area contributed by atoms with Gasteiger partial charge in [-0.2, -0.15) is 0 Å². The Morgan fingerprint density at radius 2 is 1.91 bits per heavy atom. The molecule has 34 heavy (non-hydrogen) atoms. The average Bonchev–Trinajstić information content (AvgIpc) is 2.84. The molecule has 0 saturated carbocycles. The topological polar surface area (TPSA) is 44.8 Å². The van der Waals surface area contributed by atoms with E-state index in [1.165, 1.54) is 16.0 Å². The molecule has 178 valence electrons. The standard InChI is InChI=1S/C27H26Cl2O4S/c1-2-31-27(30)15-23-9-5-19-14-24(10-12-26(19)33-23)34-17-18-3-7-22(8-4-18)32-16-20-13-21(28)6-11-25(20)29/h3-4,6-8,10-14,23H,2,5,9,15-17H2,1H3. The predicted octanol–water partition coefficient (Wildman–Crippen LogP) is 7.51. The van der Waals surface area contributed by atoms with Gasteiger partial charge in [0.2, 0.25) is 0 Å². The van der Waals surface area contributed by atoms with Crippen molar-refractivity contribution < 1.29 is 19.0 Å². The number of thioether (sulfide) groups is 1. The molecule has 1 heterocycles. The number of hydrogen-bond donors (Lipinski definition) is 0. The van der Waals surface area contributed by atoms with E-state index < -0.39 is 0 Å². The number of ether oxygens (including phenoxy) is 3. The average molecular weight is 517 g/mol. The summed E-state index contributed by atoms with van der Waals surface area (Å²) in [5.41, 5.74) is 3.26. The van der Waals surface area contributed by atoms with Gasteiger partial charge in [0, 0.05) is 26.3 Å². The highest BCUT2D eigenvalue weighted by atomic mass is 35.5. The van der Waals surface area contributed by atoms with Crippen molar-refractivity contribution in [1.82, 2.24) is 0 Å². The molecule has 1 atom stereocenters. The lowest BCUT2D eigenvalue weighted by Crippen LogP contribution is -2.26. The molecule has 0 spiro atoms. The van der Waals surface area contributed by atoms with E-state index in [-0.39, 0.29) is 12.1 Å². The van der Waals surface area contributed by atoms with Gasteiger partial charge in [0.25, 0.3) is 0 Å². The molecule has 0 fully saturated rings. The maximum absolute atomic E-state index is 11.7. The van der Waals surface area contributed by atoms with Gasteiger partial charge in [-0.1, -0.05) is 35.3 Å². The van der Waals surface area contributed by atoms with Gasteiger partial charge in [0.1, 0.15) is 24.2 Å². The SMILES string of the molecule is CCOC(=O)CC1CCc2cc(SCc3ccc(OCc4cc(Cl)ccc4Cl)cc3)ccc2O1. The molecule has 1 unspecified atom stereocenters. The van der Waals surface area contributed by atoms with Crippen LogP contribution >= 0.6 is 35.0 Å². The van der Waals surface area contributed by atoms with Crippen LogP contribution in [0, 0.1) is 0 Å². The Labute approximate surface area is 214 Å². The number of esters is 1. The minimum Gasteiger partial charge on any atom is -0.490 e. The fourth-order valence-corrected chi connectivity index (χ4v) is 5.01. The van der Waals surface area contributed by atoms with Crippen molar-refractivity contribution in [2.45, 2.75) is 49.5 Å². The highest BCUT2D eigenvalue weighted by Gasteiger charge is 2.23. The molecule has 0 amide bonds. The normalized spacial score (nSPS) is 14.7. The second-order valence-corrected chi connectivity index (χ2v) is 9.91. The van der Waals surface area contributed by atoms with Gasteiger partial charge in [-0.3, -0.25) is 4.79 Å². The Morgan fingerprint density at radius 3 is 2.71 bits per heavy atom. The molecule has 0 radical (unpaired) electrons. The zero-order valence-corrected chi connectivity index (χ0v) is 21.2. The zero-order valence-electron chi connectivity index (χ0n) is 18.9. The highest BCUT2D eigenvalue weighted by molar-refractivity contribution is 7.98. The highest BCUT2D eigenvalue weighted by Crippen LogP contribution is 2.34. The van der Waals surface area contributed by atoms with Gasteiger partial charge in [-0.25, -0.2) is 0 Å². The molecule has 0 N–H and O–H groups in total. The molecular weight excluding hydrogens is 491 g/mol. The Morgan fingerprint density at radius 1 is 1.09 bits per heavy atom. The van der Waals surface area contributed by atoms with E-state index in [2.05, 4.69) is 24.3 Å². The van der Waals surface area contributed by atoms with E-state index >= 15 is 0 Å². The Bertz CT molecular complexity index is 1130. The van der Waals surface area contributed by atoms with Gasteiger partial charge in [0.05, 0.1) is 13.0 Å². The summed E-state index contributed by atoms with van der Waals surface area (Å²) in [7, 11) is 0. The van der Waals surface area contributed by atoms with Crippen LogP contribution in [0.1, 0.15) is 36.5 Å². The third-order valence-corrected chi connectivity index (χ3v) is 7.16. The predicted molar refractivity (Wildman–Crippen MR) is 137 cm³/mol. The number of carbonyl (C=O) groups is 1. The van der Waals surface area contributed by atoms with E-state index in [0.29, 0.717) is 29.7 Å². The first-order valence-electron chi connectivity index (χ1n) is 11.2. The maximum atomic E-state index is 11.7. The van der Waals surface area contributed by atoms with Crippen LogP contribution in [0.4, 0.5) is 0 Å². The fourth-order valence-electron chi connectivity index (χ4n) is 3.72. The van der Waals surface area contributed by atoms with Crippen molar-refractivity contribution in [3.8, 4) is 11.5 Å². The van der Waals surface area contributed by atoms with Crippen molar-refractivity contribution in [2.24, 2.45) is 0 Å². The van der Waals surface area contributed by atoms with Crippen LogP contribution in [0.15, 0.2) is 65.6 Å². The lowest BCUT2D eigenvalue weighted by molar-refractivity contribution is -0.145. The van der Waals surface area contributed by atoms with Crippen molar-refractivity contribution in [2.75, 3.05) is 6.61 Å². The Kier molecular flexibility index (Phi) is 8.65. The zero-order chi connectivity index (χ0) is 23.9. The number of carbonyl (C=O) groups excluding carboxylic acids is 1. The third kappa shape index (κ3) is 6.84. The number of fused-ring (bicyclic) bond motifs is 1. The first-order chi connectivity index (χ1) is 16.5. The monoisotopic (exact) mass is 516 g/mol. The van der Waals surface area contributed by atoms with Gasteiger partial charge < -0.3 is 14.2 Å². The smallest absolute Gasteiger partial charge is 0.309 e. The molecule has 0 aromatic heterocycles. The van der Waals surface area contributed by atoms with Gasteiger partial charge in [0.15, 0.2) is 0 Å². The van der Waals surface area contributed by atoms with Crippen molar-refractivity contribution in [3.05, 3.63) is 87.4 Å². The summed E-state index contributed by atoms with van der Waals surface area (Å²) in [5, 5.41) is 1.28. The molecule has 4 nitrogen and oxygen atoms in total. The summed E-state index contributed by atoms with van der Waals surface area (Å²) in [6.45, 7) is 2.58. The molecule has 1 aliphatic heterocycles. The molecule has 7 heteroatoms. The Balaban J connectivity index is 1.28. The van der Waals surface area contributed by atoms with Crippen LogP contribution in [-0.4, -0.2) is 18.7 Å². The molecule has 3 aromatic carbocycles. The number of hydrogen-bond acceptors (Lipinski definition) is 5. The largest absolute Gasteiger partial charge is 0.490 e. The minimum atomic E-state index is -0.201. The summed E-state index contributed by atoms with van der Waals surface area (Å²) in [6.07, 6.45) is 1.91. The molecule has 0 aliphatic carbocycles. The molecule has 0 saturated heterocycles. The molecular formula is C27H26Cl2O4S. The minimum absolute atomic E-state index is 0.110. The third-order valence-electron chi connectivity index (χ3n) is 5.49. The number of aryl methyl sites for hydroxylation is 1. The molecule has 1 aliphatic rings. The molecule has 3 aromatic rings. The first-order valence-corrected chi connectivity index (χ1v) is 13.0. The van der Waals surface area contributed by atoms with Crippen LogP contribution in [0.2, 0.25) is 10.0 Å². The van der Waals surface area contributed by atoms with Gasteiger partial charge in [-0.05, 0) is 79.4 Å². The van der Waals surface area contributed by atoms with Crippen LogP contribution in [0.5, 0.6) is 11.5 Å². The van der Waals surface area contributed by atoms with Crippen LogP contribution in [-0.2, 0) is 28.3 Å². The summed E-state index contributed by atoms with van der Waals surface area (Å²) in [4.78, 5) is 12.9.